The van der Waals surface area contributed by atoms with E-state index >= 15 is 0 Å². The second-order valence-corrected chi connectivity index (χ2v) is 2.04. The Hall–Kier alpha value is -0.520. The van der Waals surface area contributed by atoms with Gasteiger partial charge in [-0.15, -0.1) is 0 Å². The molecule has 0 saturated heterocycles. The van der Waals surface area contributed by atoms with E-state index in [0.717, 1.165) is 0 Å². The van der Waals surface area contributed by atoms with Crippen molar-refractivity contribution in [1.82, 2.24) is 0 Å². The SMILES string of the molecule is O=C([O-])c1cc(F)c(F)c(F)c1.[Na+]. The van der Waals surface area contributed by atoms with Crippen molar-refractivity contribution in [3.05, 3.63) is 35.1 Å². The average molecular weight is 198 g/mol. The van der Waals surface area contributed by atoms with Gasteiger partial charge in [0.25, 0.3) is 0 Å². The zero-order chi connectivity index (χ0) is 9.30. The van der Waals surface area contributed by atoms with Crippen LogP contribution in [0.25, 0.3) is 0 Å². The van der Waals surface area contributed by atoms with E-state index < -0.39 is 29.0 Å². The molecule has 0 aliphatic carbocycles. The number of hydrogen-bond acceptors (Lipinski definition) is 2. The van der Waals surface area contributed by atoms with E-state index in [-0.39, 0.29) is 29.6 Å². The number of aromatic carboxylic acids is 1. The van der Waals surface area contributed by atoms with E-state index in [0.29, 0.717) is 12.1 Å². The molecule has 0 aliphatic heterocycles. The van der Waals surface area contributed by atoms with Gasteiger partial charge in [-0.1, -0.05) is 0 Å². The zero-order valence-corrected chi connectivity index (χ0v) is 8.61. The summed E-state index contributed by atoms with van der Waals surface area (Å²) >= 11 is 0. The Morgan fingerprint density at radius 2 is 1.54 bits per heavy atom. The molecule has 0 radical (unpaired) electrons. The summed E-state index contributed by atoms with van der Waals surface area (Å²) in [6, 6.07) is 0.710. The quantitative estimate of drug-likeness (QED) is 0.369. The summed E-state index contributed by atoms with van der Waals surface area (Å²) in [6.45, 7) is 0. The van der Waals surface area contributed by atoms with E-state index in [4.69, 9.17) is 0 Å². The van der Waals surface area contributed by atoms with Gasteiger partial charge in [0, 0.05) is 5.56 Å². The largest absolute Gasteiger partial charge is 1.00 e. The van der Waals surface area contributed by atoms with Crippen LogP contribution in [0, 0.1) is 17.5 Å². The summed E-state index contributed by atoms with van der Waals surface area (Å²) in [5.41, 5.74) is -0.730. The van der Waals surface area contributed by atoms with Crippen LogP contribution in [0.15, 0.2) is 12.1 Å². The second-order valence-electron chi connectivity index (χ2n) is 2.04. The van der Waals surface area contributed by atoms with Crippen molar-refractivity contribution in [2.45, 2.75) is 0 Å². The third-order valence-electron chi connectivity index (χ3n) is 1.22. The Bertz CT molecular complexity index is 318. The molecule has 0 fully saturated rings. The molecule has 0 heterocycles. The molecule has 6 heteroatoms. The third kappa shape index (κ3) is 2.72. The fourth-order valence-electron chi connectivity index (χ4n) is 0.673. The fourth-order valence-corrected chi connectivity index (χ4v) is 0.673. The summed E-state index contributed by atoms with van der Waals surface area (Å²) in [5.74, 6) is -6.55. The Balaban J connectivity index is 0.00000144. The van der Waals surface area contributed by atoms with E-state index in [2.05, 4.69) is 0 Å². The van der Waals surface area contributed by atoms with E-state index in [1.54, 1.807) is 0 Å². The van der Waals surface area contributed by atoms with Crippen molar-refractivity contribution >= 4 is 5.97 Å². The van der Waals surface area contributed by atoms with Gasteiger partial charge in [0.15, 0.2) is 17.5 Å². The minimum atomic E-state index is -1.76. The summed E-state index contributed by atoms with van der Waals surface area (Å²) in [6.07, 6.45) is 0. The third-order valence-corrected chi connectivity index (χ3v) is 1.22. The predicted octanol–water partition coefficient (Wildman–Crippen LogP) is -2.53. The van der Waals surface area contributed by atoms with Gasteiger partial charge >= 0.3 is 29.6 Å². The molecular formula is C7H2F3NaO2. The van der Waals surface area contributed by atoms with E-state index in [1.165, 1.54) is 0 Å². The standard InChI is InChI=1S/C7H3F3O2.Na/c8-4-1-3(7(11)12)2-5(9)6(4)10;/h1-2H,(H,11,12);/q;+1/p-1. The predicted molar refractivity (Wildman–Crippen MR) is 30.6 cm³/mol. The summed E-state index contributed by atoms with van der Waals surface area (Å²) in [4.78, 5) is 10.0. The van der Waals surface area contributed by atoms with Gasteiger partial charge in [-0.3, -0.25) is 0 Å². The molecule has 0 atom stereocenters. The number of carbonyl (C=O) groups excluding carboxylic acids is 1. The normalized spacial score (nSPS) is 9.15. The molecule has 0 aromatic heterocycles. The molecule has 0 saturated carbocycles. The molecule has 1 rings (SSSR count). The molecule has 0 N–H and O–H groups in total. The first kappa shape index (κ1) is 12.5. The van der Waals surface area contributed by atoms with Gasteiger partial charge in [0.05, 0.1) is 5.97 Å². The molecular weight excluding hydrogens is 196 g/mol. The number of benzene rings is 1. The smallest absolute Gasteiger partial charge is 0.545 e. The number of rotatable bonds is 1. The van der Waals surface area contributed by atoms with Crippen molar-refractivity contribution in [2.24, 2.45) is 0 Å². The van der Waals surface area contributed by atoms with Crippen molar-refractivity contribution in [2.75, 3.05) is 0 Å². The molecule has 0 unspecified atom stereocenters. The van der Waals surface area contributed by atoms with Gasteiger partial charge in [-0.2, -0.15) is 0 Å². The Labute approximate surface area is 93.7 Å². The van der Waals surface area contributed by atoms with Crippen LogP contribution in [0.5, 0.6) is 0 Å². The Morgan fingerprint density at radius 1 is 1.15 bits per heavy atom. The van der Waals surface area contributed by atoms with Crippen LogP contribution < -0.4 is 34.7 Å². The number of carboxylic acids is 1. The van der Waals surface area contributed by atoms with E-state index in [1.807, 2.05) is 0 Å². The maximum Gasteiger partial charge on any atom is 1.00 e. The number of halogens is 3. The number of carbonyl (C=O) groups is 1. The van der Waals surface area contributed by atoms with Gasteiger partial charge in [0.1, 0.15) is 0 Å². The van der Waals surface area contributed by atoms with Crippen LogP contribution >= 0.6 is 0 Å². The first-order chi connectivity index (χ1) is 5.52. The minimum Gasteiger partial charge on any atom is -0.545 e. The molecule has 1 aromatic rings. The molecule has 1 aromatic carbocycles. The maximum absolute atomic E-state index is 12.3. The summed E-state index contributed by atoms with van der Waals surface area (Å²) in [5, 5.41) is 10.0. The van der Waals surface area contributed by atoms with Crippen molar-refractivity contribution in [3.8, 4) is 0 Å². The van der Waals surface area contributed by atoms with Crippen LogP contribution in [0.3, 0.4) is 0 Å². The number of hydrogen-bond donors (Lipinski definition) is 0. The van der Waals surface area contributed by atoms with Gasteiger partial charge in [-0.25, -0.2) is 13.2 Å². The topological polar surface area (TPSA) is 40.1 Å². The van der Waals surface area contributed by atoms with Gasteiger partial charge < -0.3 is 9.90 Å². The molecule has 0 bridgehead atoms. The monoisotopic (exact) mass is 198 g/mol. The first-order valence-corrected chi connectivity index (χ1v) is 2.88. The Kier molecular flexibility index (Phi) is 4.46. The Morgan fingerprint density at radius 3 is 1.85 bits per heavy atom. The maximum atomic E-state index is 12.3. The van der Waals surface area contributed by atoms with Crippen LogP contribution in [0.1, 0.15) is 10.4 Å². The molecule has 64 valence electrons. The fraction of sp³-hybridized carbons (Fsp3) is 0. The van der Waals surface area contributed by atoms with E-state index in [9.17, 15) is 23.1 Å². The van der Waals surface area contributed by atoms with Crippen LogP contribution in [0.4, 0.5) is 13.2 Å². The van der Waals surface area contributed by atoms with Gasteiger partial charge in [-0.05, 0) is 12.1 Å². The molecule has 13 heavy (non-hydrogen) atoms. The second kappa shape index (κ2) is 4.64. The average Bonchev–Trinajstić information content (AvgIpc) is 1.99. The molecule has 0 amide bonds. The van der Waals surface area contributed by atoms with Gasteiger partial charge in [0.2, 0.25) is 0 Å². The summed E-state index contributed by atoms with van der Waals surface area (Å²) < 4.78 is 36.8. The van der Waals surface area contributed by atoms with Crippen LogP contribution in [0.2, 0.25) is 0 Å². The molecule has 0 aliphatic rings. The molecule has 2 nitrogen and oxygen atoms in total. The minimum absolute atomic E-state index is 0. The first-order valence-electron chi connectivity index (χ1n) is 2.88. The van der Waals surface area contributed by atoms with Crippen molar-refractivity contribution in [1.29, 1.82) is 0 Å². The van der Waals surface area contributed by atoms with Crippen LogP contribution in [-0.4, -0.2) is 5.97 Å². The zero-order valence-electron chi connectivity index (χ0n) is 6.61. The van der Waals surface area contributed by atoms with Crippen molar-refractivity contribution in [3.63, 3.8) is 0 Å². The summed E-state index contributed by atoms with van der Waals surface area (Å²) in [7, 11) is 0. The number of carboxylic acid groups (broad SMARTS) is 1. The van der Waals surface area contributed by atoms with Crippen molar-refractivity contribution < 1.29 is 52.6 Å². The van der Waals surface area contributed by atoms with Crippen LogP contribution in [-0.2, 0) is 0 Å². The molecule has 0 spiro atoms.